The van der Waals surface area contributed by atoms with Crippen molar-refractivity contribution in [2.24, 2.45) is 0 Å². The molecule has 104 valence electrons. The maximum absolute atomic E-state index is 12.3. The molecule has 0 aliphatic heterocycles. The number of hydrogen-bond acceptors (Lipinski definition) is 3. The molecule has 0 aromatic heterocycles. The number of anilines is 1. The Morgan fingerprint density at radius 1 is 1.20 bits per heavy atom. The Labute approximate surface area is 115 Å². The predicted octanol–water partition coefficient (Wildman–Crippen LogP) is 3.41. The highest BCUT2D eigenvalue weighted by Gasteiger charge is 2.17. The van der Waals surface area contributed by atoms with Crippen molar-refractivity contribution < 1.29 is 18.3 Å². The summed E-state index contributed by atoms with van der Waals surface area (Å²) in [6.07, 6.45) is 0. The number of nitrogens with two attached hydrogens (primary N) is 1. The van der Waals surface area contributed by atoms with Crippen LogP contribution in [-0.4, -0.2) is 12.4 Å². The minimum Gasteiger partial charge on any atom is -0.434 e. The zero-order valence-corrected chi connectivity index (χ0v) is 10.8. The molecule has 0 saturated heterocycles. The quantitative estimate of drug-likeness (QED) is 0.688. The summed E-state index contributed by atoms with van der Waals surface area (Å²) in [4.78, 5) is 12.3. The molecule has 0 fully saturated rings. The summed E-state index contributed by atoms with van der Waals surface area (Å²) in [5, 5.41) is 0. The van der Waals surface area contributed by atoms with E-state index in [1.165, 1.54) is 18.2 Å². The van der Waals surface area contributed by atoms with Crippen LogP contribution in [0.1, 0.15) is 21.5 Å². The van der Waals surface area contributed by atoms with Gasteiger partial charge in [-0.2, -0.15) is 8.78 Å². The van der Waals surface area contributed by atoms with Crippen LogP contribution in [0.3, 0.4) is 0 Å². The molecule has 0 heterocycles. The van der Waals surface area contributed by atoms with Crippen molar-refractivity contribution in [1.29, 1.82) is 0 Å². The number of carbonyl (C=O) groups is 1. The first-order chi connectivity index (χ1) is 9.49. The number of ketones is 1. The molecule has 0 saturated carbocycles. The Hall–Kier alpha value is -2.43. The van der Waals surface area contributed by atoms with Gasteiger partial charge in [0.05, 0.1) is 5.56 Å². The molecule has 0 bridgehead atoms. The lowest BCUT2D eigenvalue weighted by Crippen LogP contribution is -2.09. The van der Waals surface area contributed by atoms with Gasteiger partial charge in [0.2, 0.25) is 0 Å². The fourth-order valence-corrected chi connectivity index (χ4v) is 1.83. The average molecular weight is 277 g/mol. The lowest BCUT2D eigenvalue weighted by molar-refractivity contribution is -0.0501. The van der Waals surface area contributed by atoms with Crippen molar-refractivity contribution in [2.45, 2.75) is 13.5 Å². The van der Waals surface area contributed by atoms with Crippen molar-refractivity contribution in [3.63, 3.8) is 0 Å². The van der Waals surface area contributed by atoms with Gasteiger partial charge in [-0.05, 0) is 42.8 Å². The number of alkyl halides is 2. The molecular weight excluding hydrogens is 264 g/mol. The Balaban J connectivity index is 2.40. The van der Waals surface area contributed by atoms with E-state index in [0.717, 1.165) is 5.56 Å². The minimum atomic E-state index is -2.97. The maximum Gasteiger partial charge on any atom is 0.387 e. The number of aryl methyl sites for hydroxylation is 1. The SMILES string of the molecule is Cc1cc(C(=O)c2ccccc2OC(F)F)ccc1N. The third-order valence-corrected chi connectivity index (χ3v) is 2.88. The molecule has 0 radical (unpaired) electrons. The molecule has 2 N–H and O–H groups in total. The lowest BCUT2D eigenvalue weighted by atomic mass is 10.0. The van der Waals surface area contributed by atoms with Crippen LogP contribution in [-0.2, 0) is 0 Å². The number of rotatable bonds is 4. The Kier molecular flexibility index (Phi) is 3.98. The summed E-state index contributed by atoms with van der Waals surface area (Å²) in [6, 6.07) is 10.7. The zero-order valence-electron chi connectivity index (χ0n) is 10.8. The van der Waals surface area contributed by atoms with Gasteiger partial charge >= 0.3 is 6.61 Å². The molecule has 2 aromatic carbocycles. The number of ether oxygens (including phenoxy) is 1. The summed E-state index contributed by atoms with van der Waals surface area (Å²) >= 11 is 0. The summed E-state index contributed by atoms with van der Waals surface area (Å²) in [5.74, 6) is -0.522. The summed E-state index contributed by atoms with van der Waals surface area (Å²) in [6.45, 7) is -1.20. The molecule has 2 aromatic rings. The van der Waals surface area contributed by atoms with Gasteiger partial charge < -0.3 is 10.5 Å². The highest BCUT2D eigenvalue weighted by molar-refractivity contribution is 6.11. The van der Waals surface area contributed by atoms with E-state index in [-0.39, 0.29) is 17.1 Å². The van der Waals surface area contributed by atoms with Crippen LogP contribution in [0.4, 0.5) is 14.5 Å². The van der Waals surface area contributed by atoms with Gasteiger partial charge in [-0.1, -0.05) is 12.1 Å². The molecular formula is C15H13F2NO2. The van der Waals surface area contributed by atoms with Gasteiger partial charge in [-0.25, -0.2) is 0 Å². The van der Waals surface area contributed by atoms with Crippen LogP contribution in [0.25, 0.3) is 0 Å². The molecule has 20 heavy (non-hydrogen) atoms. The van der Waals surface area contributed by atoms with Crippen LogP contribution < -0.4 is 10.5 Å². The molecule has 0 aliphatic carbocycles. The standard InChI is InChI=1S/C15H13F2NO2/c1-9-8-10(6-7-12(9)18)14(19)11-4-2-3-5-13(11)20-15(16)17/h2-8,15H,18H2,1H3. The third kappa shape index (κ3) is 2.93. The second-order valence-corrected chi connectivity index (χ2v) is 4.28. The van der Waals surface area contributed by atoms with Crippen molar-refractivity contribution >= 4 is 11.5 Å². The summed E-state index contributed by atoms with van der Waals surface area (Å²) in [7, 11) is 0. The predicted molar refractivity (Wildman–Crippen MR) is 72.1 cm³/mol. The molecule has 0 spiro atoms. The number of halogens is 2. The number of benzene rings is 2. The summed E-state index contributed by atoms with van der Waals surface area (Å²) < 4.78 is 29.0. The van der Waals surface area contributed by atoms with E-state index in [1.54, 1.807) is 31.2 Å². The number of carbonyl (C=O) groups excluding carboxylic acids is 1. The van der Waals surface area contributed by atoms with Crippen molar-refractivity contribution in [3.8, 4) is 5.75 Å². The smallest absolute Gasteiger partial charge is 0.387 e. The normalized spacial score (nSPS) is 10.6. The molecule has 0 unspecified atom stereocenters. The third-order valence-electron chi connectivity index (χ3n) is 2.88. The second-order valence-electron chi connectivity index (χ2n) is 4.28. The molecule has 5 heteroatoms. The van der Waals surface area contributed by atoms with Crippen LogP contribution in [0.2, 0.25) is 0 Å². The van der Waals surface area contributed by atoms with Crippen molar-refractivity contribution in [2.75, 3.05) is 5.73 Å². The second kappa shape index (κ2) is 5.69. The largest absolute Gasteiger partial charge is 0.434 e. The van der Waals surface area contributed by atoms with Gasteiger partial charge in [0.1, 0.15) is 5.75 Å². The first-order valence-electron chi connectivity index (χ1n) is 5.93. The summed E-state index contributed by atoms with van der Waals surface area (Å²) in [5.41, 5.74) is 7.48. The van der Waals surface area contributed by atoms with E-state index in [9.17, 15) is 13.6 Å². The average Bonchev–Trinajstić information content (AvgIpc) is 2.41. The molecule has 3 nitrogen and oxygen atoms in total. The highest BCUT2D eigenvalue weighted by Crippen LogP contribution is 2.24. The van der Waals surface area contributed by atoms with E-state index in [0.29, 0.717) is 11.3 Å². The highest BCUT2D eigenvalue weighted by atomic mass is 19.3. The van der Waals surface area contributed by atoms with Crippen LogP contribution >= 0.6 is 0 Å². The van der Waals surface area contributed by atoms with E-state index in [2.05, 4.69) is 4.74 Å². The fraction of sp³-hybridized carbons (Fsp3) is 0.133. The van der Waals surface area contributed by atoms with Gasteiger partial charge in [0.15, 0.2) is 5.78 Å². The number of para-hydroxylation sites is 1. The Morgan fingerprint density at radius 2 is 1.90 bits per heavy atom. The fourth-order valence-electron chi connectivity index (χ4n) is 1.83. The number of hydrogen-bond donors (Lipinski definition) is 1. The first kappa shape index (κ1) is 14.0. The molecule has 0 aliphatic rings. The monoisotopic (exact) mass is 277 g/mol. The number of nitrogen functional groups attached to an aromatic ring is 1. The zero-order chi connectivity index (χ0) is 14.7. The molecule has 2 rings (SSSR count). The van der Waals surface area contributed by atoms with E-state index in [4.69, 9.17) is 5.73 Å². The minimum absolute atomic E-state index is 0.0944. The van der Waals surface area contributed by atoms with Crippen LogP contribution in [0.15, 0.2) is 42.5 Å². The maximum atomic E-state index is 12.3. The van der Waals surface area contributed by atoms with Gasteiger partial charge in [0.25, 0.3) is 0 Å². The van der Waals surface area contributed by atoms with E-state index < -0.39 is 6.61 Å². The van der Waals surface area contributed by atoms with Gasteiger partial charge in [-0.3, -0.25) is 4.79 Å². The van der Waals surface area contributed by atoms with E-state index >= 15 is 0 Å². The lowest BCUT2D eigenvalue weighted by Gasteiger charge is -2.10. The van der Waals surface area contributed by atoms with Crippen LogP contribution in [0.5, 0.6) is 5.75 Å². The topological polar surface area (TPSA) is 52.3 Å². The van der Waals surface area contributed by atoms with E-state index in [1.807, 2.05) is 0 Å². The van der Waals surface area contributed by atoms with Crippen molar-refractivity contribution in [1.82, 2.24) is 0 Å². The van der Waals surface area contributed by atoms with Gasteiger partial charge in [0, 0.05) is 11.3 Å². The van der Waals surface area contributed by atoms with Gasteiger partial charge in [-0.15, -0.1) is 0 Å². The first-order valence-corrected chi connectivity index (χ1v) is 5.93. The molecule has 0 amide bonds. The molecule has 0 atom stereocenters. The Bertz CT molecular complexity index is 642. The van der Waals surface area contributed by atoms with Crippen LogP contribution in [0, 0.1) is 6.92 Å². The Morgan fingerprint density at radius 3 is 2.55 bits per heavy atom. The van der Waals surface area contributed by atoms with Crippen molar-refractivity contribution in [3.05, 3.63) is 59.2 Å².